The van der Waals surface area contributed by atoms with Crippen molar-refractivity contribution < 1.29 is 9.50 Å². The van der Waals surface area contributed by atoms with Gasteiger partial charge in [-0.3, -0.25) is 0 Å². The molecule has 0 amide bonds. The van der Waals surface area contributed by atoms with E-state index in [4.69, 9.17) is 0 Å². The van der Waals surface area contributed by atoms with Crippen LogP contribution in [0, 0.1) is 5.82 Å². The summed E-state index contributed by atoms with van der Waals surface area (Å²) in [6, 6.07) is 14.6. The molecule has 2 aromatic carbocycles. The van der Waals surface area contributed by atoms with E-state index in [2.05, 4.69) is 11.4 Å². The number of nitrogens with one attached hydrogen (secondary N) is 1. The van der Waals surface area contributed by atoms with Crippen LogP contribution in [-0.4, -0.2) is 11.7 Å². The second-order valence-electron chi connectivity index (χ2n) is 5.00. The largest absolute Gasteiger partial charge is 0.394 e. The van der Waals surface area contributed by atoms with Crippen molar-refractivity contribution in [3.05, 3.63) is 65.5 Å². The number of anilines is 1. The van der Waals surface area contributed by atoms with Crippen molar-refractivity contribution >= 4 is 5.69 Å². The smallest absolute Gasteiger partial charge is 0.146 e. The van der Waals surface area contributed by atoms with Gasteiger partial charge in [0, 0.05) is 0 Å². The molecule has 1 aliphatic carbocycles. The molecule has 0 aliphatic heterocycles. The van der Waals surface area contributed by atoms with Crippen molar-refractivity contribution in [2.24, 2.45) is 0 Å². The number of hydrogen-bond acceptors (Lipinski definition) is 2. The molecule has 3 heteroatoms. The molecule has 0 bridgehead atoms. The number of aliphatic hydroxyl groups is 1. The predicted octanol–water partition coefficient (Wildman–Crippen LogP) is 3.07. The number of benzene rings is 2. The summed E-state index contributed by atoms with van der Waals surface area (Å²) in [5.41, 5.74) is 2.16. The first-order valence-corrected chi connectivity index (χ1v) is 6.47. The van der Waals surface area contributed by atoms with Gasteiger partial charge in [-0.05, 0) is 36.1 Å². The third kappa shape index (κ3) is 2.00. The topological polar surface area (TPSA) is 32.3 Å². The molecule has 2 aromatic rings. The number of fused-ring (bicyclic) bond motifs is 1. The second kappa shape index (κ2) is 4.67. The first-order valence-electron chi connectivity index (χ1n) is 6.47. The van der Waals surface area contributed by atoms with Crippen molar-refractivity contribution in [2.75, 3.05) is 11.9 Å². The van der Waals surface area contributed by atoms with Crippen LogP contribution in [-0.2, 0) is 12.0 Å². The Bertz CT molecular complexity index is 599. The molecule has 0 saturated carbocycles. The molecule has 98 valence electrons. The van der Waals surface area contributed by atoms with Gasteiger partial charge in [-0.2, -0.15) is 0 Å². The number of halogens is 1. The Balaban J connectivity index is 2.00. The highest BCUT2D eigenvalue weighted by Crippen LogP contribution is 2.39. The van der Waals surface area contributed by atoms with Crippen LogP contribution >= 0.6 is 0 Å². The number of aliphatic hydroxyl groups excluding tert-OH is 1. The average molecular weight is 257 g/mol. The lowest BCUT2D eigenvalue weighted by molar-refractivity contribution is 0.211. The van der Waals surface area contributed by atoms with E-state index in [0.717, 1.165) is 18.4 Å². The first-order chi connectivity index (χ1) is 9.25. The van der Waals surface area contributed by atoms with Crippen LogP contribution in [0.15, 0.2) is 48.5 Å². The SMILES string of the molecule is OCC1(Nc2ccccc2F)CCc2ccccc21. The molecule has 1 aliphatic rings. The summed E-state index contributed by atoms with van der Waals surface area (Å²) in [5.74, 6) is -0.292. The maximum Gasteiger partial charge on any atom is 0.146 e. The zero-order valence-electron chi connectivity index (χ0n) is 10.6. The summed E-state index contributed by atoms with van der Waals surface area (Å²) < 4.78 is 13.8. The van der Waals surface area contributed by atoms with Gasteiger partial charge < -0.3 is 10.4 Å². The minimum Gasteiger partial charge on any atom is -0.394 e. The Kier molecular flexibility index (Phi) is 2.99. The third-order valence-corrected chi connectivity index (χ3v) is 3.87. The molecule has 0 fully saturated rings. The van der Waals surface area contributed by atoms with Crippen molar-refractivity contribution in [3.63, 3.8) is 0 Å². The Hall–Kier alpha value is -1.87. The van der Waals surface area contributed by atoms with Crippen molar-refractivity contribution in [1.82, 2.24) is 0 Å². The predicted molar refractivity (Wildman–Crippen MR) is 73.5 cm³/mol. The van der Waals surface area contributed by atoms with Crippen LogP contribution < -0.4 is 5.32 Å². The second-order valence-corrected chi connectivity index (χ2v) is 5.00. The number of aryl methyl sites for hydroxylation is 1. The van der Waals surface area contributed by atoms with E-state index in [1.807, 2.05) is 18.2 Å². The molecule has 2 nitrogen and oxygen atoms in total. The van der Waals surface area contributed by atoms with E-state index >= 15 is 0 Å². The van der Waals surface area contributed by atoms with Crippen molar-refractivity contribution in [1.29, 1.82) is 0 Å². The van der Waals surface area contributed by atoms with Gasteiger partial charge in [0.15, 0.2) is 0 Å². The summed E-state index contributed by atoms with van der Waals surface area (Å²) in [6.07, 6.45) is 1.68. The molecular weight excluding hydrogens is 241 g/mol. The lowest BCUT2D eigenvalue weighted by atomic mass is 9.92. The van der Waals surface area contributed by atoms with Gasteiger partial charge in [0.1, 0.15) is 5.82 Å². The fourth-order valence-electron chi connectivity index (χ4n) is 2.84. The first kappa shape index (κ1) is 12.2. The lowest BCUT2D eigenvalue weighted by Crippen LogP contribution is -2.37. The Morgan fingerprint density at radius 1 is 1.11 bits per heavy atom. The van der Waals surface area contributed by atoms with Gasteiger partial charge in [-0.25, -0.2) is 4.39 Å². The molecule has 0 heterocycles. The molecule has 0 saturated heterocycles. The van der Waals surface area contributed by atoms with Crippen LogP contribution in [0.25, 0.3) is 0 Å². The van der Waals surface area contributed by atoms with Gasteiger partial charge >= 0.3 is 0 Å². The Labute approximate surface area is 111 Å². The lowest BCUT2D eigenvalue weighted by Gasteiger charge is -2.31. The highest BCUT2D eigenvalue weighted by molar-refractivity contribution is 5.52. The van der Waals surface area contributed by atoms with Crippen molar-refractivity contribution in [2.45, 2.75) is 18.4 Å². The standard InChI is InChI=1S/C16H16FNO/c17-14-7-3-4-8-15(14)18-16(11-19)10-9-12-5-1-2-6-13(12)16/h1-8,18-19H,9-11H2. The van der Waals surface area contributed by atoms with Crippen LogP contribution in [0.3, 0.4) is 0 Å². The zero-order valence-corrected chi connectivity index (χ0v) is 10.6. The summed E-state index contributed by atoms with van der Waals surface area (Å²) >= 11 is 0. The molecule has 2 N–H and O–H groups in total. The van der Waals surface area contributed by atoms with Crippen molar-refractivity contribution in [3.8, 4) is 0 Å². The molecule has 19 heavy (non-hydrogen) atoms. The fraction of sp³-hybridized carbons (Fsp3) is 0.250. The third-order valence-electron chi connectivity index (χ3n) is 3.87. The number of hydrogen-bond donors (Lipinski definition) is 2. The van der Waals surface area contributed by atoms with E-state index in [-0.39, 0.29) is 12.4 Å². The summed E-state index contributed by atoms with van der Waals surface area (Å²) in [5, 5.41) is 13.0. The Morgan fingerprint density at radius 2 is 1.84 bits per heavy atom. The summed E-state index contributed by atoms with van der Waals surface area (Å²) in [4.78, 5) is 0. The molecule has 3 rings (SSSR count). The van der Waals surface area contributed by atoms with Gasteiger partial charge in [0.25, 0.3) is 0 Å². The highest BCUT2D eigenvalue weighted by atomic mass is 19.1. The fourth-order valence-corrected chi connectivity index (χ4v) is 2.84. The zero-order chi connectivity index (χ0) is 13.3. The van der Waals surface area contributed by atoms with Gasteiger partial charge in [0.2, 0.25) is 0 Å². The van der Waals surface area contributed by atoms with E-state index in [1.165, 1.54) is 11.6 Å². The highest BCUT2D eigenvalue weighted by Gasteiger charge is 2.38. The van der Waals surface area contributed by atoms with Crippen LogP contribution in [0.4, 0.5) is 10.1 Å². The van der Waals surface area contributed by atoms with E-state index < -0.39 is 5.54 Å². The minimum atomic E-state index is -0.571. The van der Waals surface area contributed by atoms with E-state index in [9.17, 15) is 9.50 Å². The average Bonchev–Trinajstić information content (AvgIpc) is 2.81. The number of para-hydroxylation sites is 1. The molecule has 1 atom stereocenters. The van der Waals surface area contributed by atoms with Gasteiger partial charge in [-0.1, -0.05) is 36.4 Å². The molecule has 0 radical (unpaired) electrons. The monoisotopic (exact) mass is 257 g/mol. The van der Waals surface area contributed by atoms with E-state index in [1.54, 1.807) is 18.2 Å². The quantitative estimate of drug-likeness (QED) is 0.885. The normalized spacial score (nSPS) is 21.2. The van der Waals surface area contributed by atoms with Crippen LogP contribution in [0.1, 0.15) is 17.5 Å². The molecule has 1 unspecified atom stereocenters. The van der Waals surface area contributed by atoms with Gasteiger partial charge in [0.05, 0.1) is 17.8 Å². The molecule has 0 aromatic heterocycles. The minimum absolute atomic E-state index is 0.0433. The Morgan fingerprint density at radius 3 is 2.63 bits per heavy atom. The maximum atomic E-state index is 13.8. The summed E-state index contributed by atoms with van der Waals surface area (Å²) in [6.45, 7) is -0.0433. The molecular formula is C16H16FNO. The summed E-state index contributed by atoms with van der Waals surface area (Å²) in [7, 11) is 0. The van der Waals surface area contributed by atoms with E-state index in [0.29, 0.717) is 5.69 Å². The number of rotatable bonds is 3. The van der Waals surface area contributed by atoms with Crippen LogP contribution in [0.5, 0.6) is 0 Å². The maximum absolute atomic E-state index is 13.8. The van der Waals surface area contributed by atoms with Crippen LogP contribution in [0.2, 0.25) is 0 Å². The molecule has 0 spiro atoms. The van der Waals surface area contributed by atoms with Gasteiger partial charge in [-0.15, -0.1) is 0 Å².